The third-order valence-corrected chi connectivity index (χ3v) is 3.66. The van der Waals surface area contributed by atoms with Crippen LogP contribution >= 0.6 is 11.6 Å². The van der Waals surface area contributed by atoms with E-state index in [1.807, 2.05) is 0 Å². The molecule has 0 saturated heterocycles. The second-order valence-corrected chi connectivity index (χ2v) is 5.29. The summed E-state index contributed by atoms with van der Waals surface area (Å²) in [6, 6.07) is 4.94. The van der Waals surface area contributed by atoms with E-state index in [0.717, 1.165) is 0 Å². The molecule has 2 N–H and O–H groups in total. The van der Waals surface area contributed by atoms with E-state index in [9.17, 15) is 9.59 Å². The largest absolute Gasteiger partial charge is 0.492 e. The van der Waals surface area contributed by atoms with E-state index >= 15 is 0 Å². The van der Waals surface area contributed by atoms with Crippen molar-refractivity contribution in [3.05, 3.63) is 44.1 Å². The average Bonchev–Trinajstić information content (AvgIpc) is 2.52. The Kier molecular flexibility index (Phi) is 4.31. The number of nitrogens with zero attached hydrogens (tertiary/aromatic N) is 1. The summed E-state index contributed by atoms with van der Waals surface area (Å²) < 4.78 is 11.1. The van der Waals surface area contributed by atoms with Gasteiger partial charge >= 0.3 is 5.69 Å². The van der Waals surface area contributed by atoms with Gasteiger partial charge in [-0.15, -0.1) is 0 Å². The number of nitrogens with one attached hydrogen (secondary N) is 1. The van der Waals surface area contributed by atoms with Crippen molar-refractivity contribution in [3.63, 3.8) is 0 Å². The van der Waals surface area contributed by atoms with Crippen molar-refractivity contribution in [3.8, 4) is 17.2 Å². The summed E-state index contributed by atoms with van der Waals surface area (Å²) in [5, 5.41) is 9.58. The summed E-state index contributed by atoms with van der Waals surface area (Å²) >= 11 is 6.27. The molecule has 120 valence electrons. The Morgan fingerprint density at radius 2 is 2.13 bits per heavy atom. The quantitative estimate of drug-likeness (QED) is 0.543. The number of halogens is 1. The van der Waals surface area contributed by atoms with Crippen molar-refractivity contribution in [2.75, 3.05) is 13.2 Å². The van der Waals surface area contributed by atoms with Crippen LogP contribution in [0, 0.1) is 0 Å². The van der Waals surface area contributed by atoms with E-state index in [1.54, 1.807) is 18.2 Å². The van der Waals surface area contributed by atoms with Gasteiger partial charge in [-0.2, -0.15) is 4.98 Å². The molecule has 23 heavy (non-hydrogen) atoms. The Labute approximate surface area is 134 Å². The molecule has 3 rings (SSSR count). The van der Waals surface area contributed by atoms with Crippen molar-refractivity contribution in [2.45, 2.75) is 12.8 Å². The van der Waals surface area contributed by atoms with Crippen LogP contribution < -0.4 is 16.0 Å². The lowest BCUT2D eigenvalue weighted by molar-refractivity contribution is 0.253. The predicted octanol–water partition coefficient (Wildman–Crippen LogP) is 1.79. The van der Waals surface area contributed by atoms with Gasteiger partial charge in [-0.1, -0.05) is 11.6 Å². The fourth-order valence-corrected chi connectivity index (χ4v) is 2.44. The van der Waals surface area contributed by atoms with Crippen molar-refractivity contribution >= 4 is 22.6 Å². The fraction of sp³-hybridized carbons (Fsp3) is 0.267. The summed E-state index contributed by atoms with van der Waals surface area (Å²) in [5.74, 6) is 0.345. The lowest BCUT2D eigenvalue weighted by Gasteiger charge is -2.10. The molecule has 0 spiro atoms. The van der Waals surface area contributed by atoms with Crippen LogP contribution in [0.15, 0.2) is 32.2 Å². The zero-order valence-electron chi connectivity index (χ0n) is 12.0. The number of ether oxygens (including phenoxy) is 1. The van der Waals surface area contributed by atoms with Gasteiger partial charge in [0, 0.05) is 12.0 Å². The summed E-state index contributed by atoms with van der Waals surface area (Å²) in [5.41, 5.74) is -0.884. The number of hydrogen-bond donors (Lipinski definition) is 2. The van der Waals surface area contributed by atoms with E-state index in [0.29, 0.717) is 30.6 Å². The lowest BCUT2D eigenvalue weighted by atomic mass is 10.1. The first-order valence-electron chi connectivity index (χ1n) is 7.00. The second kappa shape index (κ2) is 6.39. The van der Waals surface area contributed by atoms with Crippen LogP contribution in [0.2, 0.25) is 5.02 Å². The minimum Gasteiger partial charge on any atom is -0.492 e. The molecule has 0 fully saturated rings. The summed E-state index contributed by atoms with van der Waals surface area (Å²) in [7, 11) is 0. The van der Waals surface area contributed by atoms with Gasteiger partial charge in [0.1, 0.15) is 16.3 Å². The van der Waals surface area contributed by atoms with E-state index in [4.69, 9.17) is 25.9 Å². The van der Waals surface area contributed by atoms with Crippen molar-refractivity contribution < 1.29 is 14.3 Å². The van der Waals surface area contributed by atoms with Crippen molar-refractivity contribution in [2.24, 2.45) is 0 Å². The number of aromatic nitrogens is 2. The molecule has 8 heteroatoms. The molecule has 2 aliphatic rings. The van der Waals surface area contributed by atoms with Gasteiger partial charge in [-0.3, -0.25) is 9.78 Å². The first kappa shape index (κ1) is 15.5. The van der Waals surface area contributed by atoms with Crippen molar-refractivity contribution in [1.82, 2.24) is 9.97 Å². The Hall–Kier alpha value is -2.38. The summed E-state index contributed by atoms with van der Waals surface area (Å²) in [4.78, 5) is 28.8. The molecule has 0 radical (unpaired) electrons. The molecule has 0 saturated carbocycles. The van der Waals surface area contributed by atoms with Crippen LogP contribution in [-0.2, 0) is 0 Å². The maximum atomic E-state index is 11.8. The Morgan fingerprint density at radius 1 is 1.30 bits per heavy atom. The SMILES string of the molecule is O=c1nc2oc3c(Cl)c(OCCCCO)ccc3cc-2c(=O)[nH]1. The van der Waals surface area contributed by atoms with Gasteiger partial charge in [-0.25, -0.2) is 4.79 Å². The third-order valence-electron chi connectivity index (χ3n) is 3.30. The Morgan fingerprint density at radius 3 is 2.91 bits per heavy atom. The van der Waals surface area contributed by atoms with Gasteiger partial charge < -0.3 is 14.3 Å². The number of aliphatic hydroxyl groups is 1. The molecular formula is C15H13ClN2O5. The normalized spacial score (nSPS) is 11.2. The zero-order valence-corrected chi connectivity index (χ0v) is 12.7. The first-order valence-corrected chi connectivity index (χ1v) is 7.38. The van der Waals surface area contributed by atoms with Crippen LogP contribution in [0.1, 0.15) is 12.8 Å². The van der Waals surface area contributed by atoms with Crippen LogP contribution in [0.4, 0.5) is 0 Å². The van der Waals surface area contributed by atoms with Crippen LogP contribution in [-0.4, -0.2) is 28.3 Å². The number of rotatable bonds is 5. The zero-order chi connectivity index (χ0) is 16.4. The topological polar surface area (TPSA) is 105 Å². The van der Waals surface area contributed by atoms with Crippen LogP contribution in [0.5, 0.6) is 5.75 Å². The molecule has 2 aliphatic heterocycles. The molecule has 7 nitrogen and oxygen atoms in total. The van der Waals surface area contributed by atoms with Crippen molar-refractivity contribution in [1.29, 1.82) is 0 Å². The maximum Gasteiger partial charge on any atom is 0.351 e. The number of fused-ring (bicyclic) bond motifs is 2. The number of H-pyrrole nitrogens is 1. The second-order valence-electron chi connectivity index (χ2n) is 4.91. The molecular weight excluding hydrogens is 324 g/mol. The van der Waals surface area contributed by atoms with Crippen LogP contribution in [0.25, 0.3) is 22.4 Å². The highest BCUT2D eigenvalue weighted by atomic mass is 35.5. The molecule has 1 aromatic rings. The molecule has 0 aromatic heterocycles. The summed E-state index contributed by atoms with van der Waals surface area (Å²) in [6.07, 6.45) is 1.33. The van der Waals surface area contributed by atoms with E-state index in [-0.39, 0.29) is 28.7 Å². The predicted molar refractivity (Wildman–Crippen MR) is 84.3 cm³/mol. The first-order chi connectivity index (χ1) is 11.1. The number of unbranched alkanes of at least 4 members (excludes halogenated alkanes) is 1. The highest BCUT2D eigenvalue weighted by Crippen LogP contribution is 2.35. The minimum atomic E-state index is -0.780. The van der Waals surface area contributed by atoms with Gasteiger partial charge in [0.2, 0.25) is 5.89 Å². The highest BCUT2D eigenvalue weighted by molar-refractivity contribution is 6.36. The third kappa shape index (κ3) is 3.06. The molecule has 0 atom stereocenters. The monoisotopic (exact) mass is 336 g/mol. The average molecular weight is 337 g/mol. The van der Waals surface area contributed by atoms with E-state index in [2.05, 4.69) is 9.97 Å². The number of aliphatic hydroxyl groups excluding tert-OH is 1. The number of hydrogen-bond acceptors (Lipinski definition) is 6. The van der Waals surface area contributed by atoms with Gasteiger partial charge in [0.25, 0.3) is 5.56 Å². The van der Waals surface area contributed by atoms with Gasteiger partial charge in [-0.05, 0) is 31.0 Å². The van der Waals surface area contributed by atoms with E-state index in [1.165, 1.54) is 0 Å². The summed E-state index contributed by atoms with van der Waals surface area (Å²) in [6.45, 7) is 0.510. The number of benzene rings is 1. The van der Waals surface area contributed by atoms with Crippen LogP contribution in [0.3, 0.4) is 0 Å². The molecule has 0 amide bonds. The molecule has 0 unspecified atom stereocenters. The molecule has 0 aliphatic carbocycles. The molecule has 1 aromatic carbocycles. The van der Waals surface area contributed by atoms with E-state index < -0.39 is 11.2 Å². The fourth-order valence-electron chi connectivity index (χ4n) is 2.18. The Balaban J connectivity index is 2.07. The smallest absolute Gasteiger partial charge is 0.351 e. The molecule has 2 heterocycles. The standard InChI is InChI=1S/C15H13ClN2O5/c16-11-10(22-6-2-1-5-19)4-3-8-7-9-13(20)17-15(21)18-14(9)23-12(8)11/h3-4,7,19H,1-2,5-6H2,(H,17,20,21). The Bertz CT molecular complexity index is 933. The highest BCUT2D eigenvalue weighted by Gasteiger charge is 2.17. The van der Waals surface area contributed by atoms with Gasteiger partial charge in [0.05, 0.1) is 6.61 Å². The van der Waals surface area contributed by atoms with Gasteiger partial charge in [0.15, 0.2) is 5.58 Å². The lowest BCUT2D eigenvalue weighted by Crippen LogP contribution is -2.24. The minimum absolute atomic E-state index is 0.0782. The number of aromatic amines is 1. The molecule has 0 bridgehead atoms. The maximum absolute atomic E-state index is 11.8.